The lowest BCUT2D eigenvalue weighted by Crippen LogP contribution is -2.29. The number of carbonyl (C=O) groups excluding carboxylic acids is 1. The van der Waals surface area contributed by atoms with Gasteiger partial charge in [0.05, 0.1) is 12.4 Å². The Morgan fingerprint density at radius 2 is 2.11 bits per heavy atom. The first kappa shape index (κ1) is 14.6. The number of ketones is 1. The quantitative estimate of drug-likeness (QED) is 0.743. The maximum absolute atomic E-state index is 12.1. The molecule has 1 aromatic carbocycles. The zero-order chi connectivity index (χ0) is 13.5. The van der Waals surface area contributed by atoms with Gasteiger partial charge >= 0.3 is 0 Å². The molecule has 2 atom stereocenters. The van der Waals surface area contributed by atoms with Crippen molar-refractivity contribution in [3.05, 3.63) is 35.9 Å². The summed E-state index contributed by atoms with van der Waals surface area (Å²) in [6.45, 7) is 3.79. The van der Waals surface area contributed by atoms with Gasteiger partial charge in [0.1, 0.15) is 5.78 Å². The van der Waals surface area contributed by atoms with E-state index in [2.05, 4.69) is 19.1 Å². The topological polar surface area (TPSA) is 26.3 Å². The summed E-state index contributed by atoms with van der Waals surface area (Å²) in [6, 6.07) is 10.1. The van der Waals surface area contributed by atoms with Gasteiger partial charge in [-0.15, -0.1) is 11.8 Å². The highest BCUT2D eigenvalue weighted by Crippen LogP contribution is 2.34. The number of ether oxygens (including phenoxy) is 1. The lowest BCUT2D eigenvalue weighted by Gasteiger charge is -2.27. The van der Waals surface area contributed by atoms with Gasteiger partial charge < -0.3 is 4.74 Å². The molecule has 19 heavy (non-hydrogen) atoms. The van der Waals surface area contributed by atoms with Crippen molar-refractivity contribution in [1.82, 2.24) is 0 Å². The average molecular weight is 278 g/mol. The molecule has 3 heteroatoms. The molecule has 0 aliphatic carbocycles. The third kappa shape index (κ3) is 4.36. The first-order valence-electron chi connectivity index (χ1n) is 7.08. The van der Waals surface area contributed by atoms with E-state index >= 15 is 0 Å². The van der Waals surface area contributed by atoms with Crippen LogP contribution in [0.4, 0.5) is 0 Å². The molecular formula is C16H22O2S. The number of unbranched alkanes of at least 4 members (excludes halogenated alkanes) is 1. The van der Waals surface area contributed by atoms with Crippen LogP contribution in [-0.2, 0) is 9.53 Å². The number of Topliss-reactive ketones (excluding diaryl/α,β-unsaturated/α-hetero) is 1. The Bertz CT molecular complexity index is 391. The molecule has 0 amide bonds. The van der Waals surface area contributed by atoms with Crippen LogP contribution < -0.4 is 0 Å². The molecule has 0 spiro atoms. The van der Waals surface area contributed by atoms with Crippen molar-refractivity contribution in [3.63, 3.8) is 0 Å². The highest BCUT2D eigenvalue weighted by Gasteiger charge is 2.30. The number of benzene rings is 1. The van der Waals surface area contributed by atoms with Gasteiger partial charge in [-0.1, -0.05) is 43.7 Å². The van der Waals surface area contributed by atoms with Crippen molar-refractivity contribution in [3.8, 4) is 0 Å². The first-order valence-corrected chi connectivity index (χ1v) is 8.13. The molecule has 0 radical (unpaired) electrons. The lowest BCUT2D eigenvalue weighted by molar-refractivity contribution is -0.118. The van der Waals surface area contributed by atoms with E-state index in [1.54, 1.807) is 11.8 Å². The van der Waals surface area contributed by atoms with Crippen LogP contribution in [-0.4, -0.2) is 30.0 Å². The minimum absolute atomic E-state index is 0.0715. The van der Waals surface area contributed by atoms with Gasteiger partial charge in [0, 0.05) is 17.8 Å². The molecule has 0 unspecified atom stereocenters. The molecular weight excluding hydrogens is 256 g/mol. The predicted molar refractivity (Wildman–Crippen MR) is 80.8 cm³/mol. The van der Waals surface area contributed by atoms with Crippen LogP contribution in [0.5, 0.6) is 0 Å². The smallest absolute Gasteiger partial charge is 0.150 e. The fourth-order valence-electron chi connectivity index (χ4n) is 2.35. The van der Waals surface area contributed by atoms with Crippen LogP contribution in [0.15, 0.2) is 30.3 Å². The second-order valence-corrected chi connectivity index (χ2v) is 6.32. The van der Waals surface area contributed by atoms with E-state index in [-0.39, 0.29) is 5.92 Å². The number of hydrogen-bond acceptors (Lipinski definition) is 3. The molecule has 104 valence electrons. The summed E-state index contributed by atoms with van der Waals surface area (Å²) in [6.07, 6.45) is 3.21. The molecule has 1 aromatic rings. The summed E-state index contributed by atoms with van der Waals surface area (Å²) >= 11 is 1.75. The molecule has 0 bridgehead atoms. The van der Waals surface area contributed by atoms with Gasteiger partial charge in [0.15, 0.2) is 0 Å². The molecule has 1 aliphatic rings. The summed E-state index contributed by atoms with van der Waals surface area (Å²) in [5, 5.41) is 0.458. The fourth-order valence-corrected chi connectivity index (χ4v) is 3.47. The van der Waals surface area contributed by atoms with Gasteiger partial charge in [-0.05, 0) is 18.4 Å². The fraction of sp³-hybridized carbons (Fsp3) is 0.562. The van der Waals surface area contributed by atoms with Crippen molar-refractivity contribution >= 4 is 17.5 Å². The SMILES string of the molecule is CCCCOC[C@H]1C[C@@H](c2ccccc2)C(=O)CS1. The molecule has 0 saturated carbocycles. The Kier molecular flexibility index (Phi) is 5.93. The van der Waals surface area contributed by atoms with Crippen molar-refractivity contribution in [2.75, 3.05) is 19.0 Å². The number of rotatable bonds is 6. The second-order valence-electron chi connectivity index (χ2n) is 5.03. The van der Waals surface area contributed by atoms with Crippen LogP contribution >= 0.6 is 11.8 Å². The number of carbonyl (C=O) groups is 1. The van der Waals surface area contributed by atoms with E-state index in [4.69, 9.17) is 4.74 Å². The van der Waals surface area contributed by atoms with Crippen molar-refractivity contribution < 1.29 is 9.53 Å². The van der Waals surface area contributed by atoms with E-state index in [9.17, 15) is 4.79 Å². The van der Waals surface area contributed by atoms with Crippen LogP contribution in [0.25, 0.3) is 0 Å². The average Bonchev–Trinajstić information content (AvgIpc) is 2.46. The van der Waals surface area contributed by atoms with Crippen LogP contribution in [0.3, 0.4) is 0 Å². The van der Waals surface area contributed by atoms with E-state index < -0.39 is 0 Å². The van der Waals surface area contributed by atoms with Crippen molar-refractivity contribution in [2.45, 2.75) is 37.4 Å². The highest BCUT2D eigenvalue weighted by atomic mass is 32.2. The third-order valence-electron chi connectivity index (χ3n) is 3.50. The molecule has 0 aromatic heterocycles. The monoisotopic (exact) mass is 278 g/mol. The molecule has 1 fully saturated rings. The van der Waals surface area contributed by atoms with E-state index in [1.165, 1.54) is 6.42 Å². The lowest BCUT2D eigenvalue weighted by atomic mass is 9.90. The zero-order valence-corrected chi connectivity index (χ0v) is 12.3. The summed E-state index contributed by atoms with van der Waals surface area (Å²) < 4.78 is 5.70. The first-order chi connectivity index (χ1) is 9.31. The minimum atomic E-state index is 0.0715. The Morgan fingerprint density at radius 1 is 1.32 bits per heavy atom. The van der Waals surface area contributed by atoms with E-state index in [0.717, 1.165) is 31.6 Å². The minimum Gasteiger partial charge on any atom is -0.380 e. The van der Waals surface area contributed by atoms with Gasteiger partial charge in [-0.25, -0.2) is 0 Å². The summed E-state index contributed by atoms with van der Waals surface area (Å²) in [5.74, 6) is 1.06. The molecule has 1 aliphatic heterocycles. The normalized spacial score (nSPS) is 23.5. The van der Waals surface area contributed by atoms with Crippen LogP contribution in [0, 0.1) is 0 Å². The number of hydrogen-bond donors (Lipinski definition) is 0. The van der Waals surface area contributed by atoms with Crippen LogP contribution in [0.1, 0.15) is 37.7 Å². The molecule has 0 N–H and O–H groups in total. The van der Waals surface area contributed by atoms with E-state index in [0.29, 0.717) is 16.8 Å². The Labute approximate surface area is 119 Å². The largest absolute Gasteiger partial charge is 0.380 e. The van der Waals surface area contributed by atoms with Gasteiger partial charge in [0.25, 0.3) is 0 Å². The van der Waals surface area contributed by atoms with E-state index in [1.807, 2.05) is 18.2 Å². The van der Waals surface area contributed by atoms with Crippen molar-refractivity contribution in [2.24, 2.45) is 0 Å². The second kappa shape index (κ2) is 7.71. The maximum atomic E-state index is 12.1. The third-order valence-corrected chi connectivity index (χ3v) is 4.75. The molecule has 2 nitrogen and oxygen atoms in total. The van der Waals surface area contributed by atoms with Crippen LogP contribution in [0.2, 0.25) is 0 Å². The Morgan fingerprint density at radius 3 is 2.84 bits per heavy atom. The Balaban J connectivity index is 1.88. The summed E-state index contributed by atoms with van der Waals surface area (Å²) in [4.78, 5) is 12.1. The van der Waals surface area contributed by atoms with Gasteiger partial charge in [0.2, 0.25) is 0 Å². The summed E-state index contributed by atoms with van der Waals surface area (Å²) in [7, 11) is 0. The maximum Gasteiger partial charge on any atom is 0.150 e. The number of thioether (sulfide) groups is 1. The molecule has 1 heterocycles. The Hall–Kier alpha value is -0.800. The zero-order valence-electron chi connectivity index (χ0n) is 11.5. The summed E-state index contributed by atoms with van der Waals surface area (Å²) in [5.41, 5.74) is 1.16. The van der Waals surface area contributed by atoms with Crippen molar-refractivity contribution in [1.29, 1.82) is 0 Å². The highest BCUT2D eigenvalue weighted by molar-refractivity contribution is 8.00. The molecule has 2 rings (SSSR count). The van der Waals surface area contributed by atoms with Gasteiger partial charge in [-0.2, -0.15) is 0 Å². The molecule has 1 saturated heterocycles. The standard InChI is InChI=1S/C16H22O2S/c1-2-3-9-18-11-14-10-15(16(17)12-19-14)13-7-5-4-6-8-13/h4-8,14-15H,2-3,9-12H2,1H3/t14-,15+/m1/s1. The van der Waals surface area contributed by atoms with Gasteiger partial charge in [-0.3, -0.25) is 4.79 Å². The predicted octanol–water partition coefficient (Wildman–Crippen LogP) is 3.66.